The van der Waals surface area contributed by atoms with E-state index in [0.29, 0.717) is 0 Å². The molecule has 1 spiro atoms. The Hall–Kier alpha value is -2.54. The number of nitrogens with two attached hydrogens (primary N) is 1. The second kappa shape index (κ2) is 5.33. The number of hydrogen-bond acceptors (Lipinski definition) is 1. The van der Waals surface area contributed by atoms with E-state index in [1.54, 1.807) is 11.1 Å². The number of anilines is 1. The summed E-state index contributed by atoms with van der Waals surface area (Å²) in [5, 5.41) is 0. The van der Waals surface area contributed by atoms with Gasteiger partial charge in [-0.15, -0.1) is 0 Å². The van der Waals surface area contributed by atoms with E-state index in [1.165, 1.54) is 48.8 Å². The molecule has 0 amide bonds. The maximum absolute atomic E-state index is 6.42. The molecule has 0 aromatic heterocycles. The smallest absolute Gasteiger partial charge is 0.0341 e. The topological polar surface area (TPSA) is 26.0 Å². The van der Waals surface area contributed by atoms with Crippen LogP contribution in [0.1, 0.15) is 48.8 Å². The number of nitrogen functional groups attached to an aromatic ring is 1. The average Bonchev–Trinajstić information content (AvgIpc) is 3.03. The molecule has 5 aliphatic rings. The molecule has 3 unspecified atom stereocenters. The van der Waals surface area contributed by atoms with Gasteiger partial charge >= 0.3 is 0 Å². The van der Waals surface area contributed by atoms with Crippen molar-refractivity contribution in [2.45, 2.75) is 42.9 Å². The lowest BCUT2D eigenvalue weighted by atomic mass is 9.35. The zero-order valence-electron chi connectivity index (χ0n) is 16.8. The number of rotatable bonds is 1. The summed E-state index contributed by atoms with van der Waals surface area (Å²) < 4.78 is 0. The zero-order chi connectivity index (χ0) is 19.2. The molecular weight excluding hydrogens is 350 g/mol. The quantitative estimate of drug-likeness (QED) is 0.494. The molecule has 5 aliphatic carbocycles. The van der Waals surface area contributed by atoms with E-state index in [1.807, 2.05) is 0 Å². The third kappa shape index (κ3) is 1.79. The molecule has 2 N–H and O–H groups in total. The predicted octanol–water partition coefficient (Wildman–Crippen LogP) is 6.31. The summed E-state index contributed by atoms with van der Waals surface area (Å²) in [7, 11) is 0. The Morgan fingerprint density at radius 2 is 1.38 bits per heavy atom. The molecule has 4 saturated carbocycles. The number of hydrogen-bond donors (Lipinski definition) is 1. The van der Waals surface area contributed by atoms with Crippen molar-refractivity contribution in [2.24, 2.45) is 17.8 Å². The maximum atomic E-state index is 6.42. The molecule has 0 radical (unpaired) electrons. The minimum Gasteiger partial charge on any atom is -0.399 e. The van der Waals surface area contributed by atoms with E-state index in [0.717, 1.165) is 23.4 Å². The van der Waals surface area contributed by atoms with Crippen LogP contribution >= 0.6 is 0 Å². The summed E-state index contributed by atoms with van der Waals surface area (Å²) in [6, 6.07) is 27.5. The summed E-state index contributed by atoms with van der Waals surface area (Å²) in [6.07, 6.45) is 6.87. The fraction of sp³-hybridized carbons (Fsp3) is 0.357. The van der Waals surface area contributed by atoms with Crippen LogP contribution in [0, 0.1) is 17.8 Å². The van der Waals surface area contributed by atoms with E-state index < -0.39 is 0 Å². The average molecular weight is 378 g/mol. The monoisotopic (exact) mass is 377 g/mol. The van der Waals surface area contributed by atoms with Crippen LogP contribution in [0.2, 0.25) is 0 Å². The molecule has 3 aromatic rings. The van der Waals surface area contributed by atoms with Gasteiger partial charge in [-0.3, -0.25) is 0 Å². The molecule has 0 heterocycles. The first-order chi connectivity index (χ1) is 14.2. The second-order valence-corrected chi connectivity index (χ2v) is 10.2. The van der Waals surface area contributed by atoms with Crippen molar-refractivity contribution in [3.63, 3.8) is 0 Å². The SMILES string of the molecule is Nc1ccc2c(c1)C1(c3ccccc3-2)C2CC3CC(C2)CC1(c1ccccc1)C3. The van der Waals surface area contributed by atoms with Gasteiger partial charge in [0.15, 0.2) is 0 Å². The Bertz CT molecular complexity index is 1120. The van der Waals surface area contributed by atoms with Crippen molar-refractivity contribution in [1.82, 2.24) is 0 Å². The van der Waals surface area contributed by atoms with Crippen molar-refractivity contribution in [3.05, 3.63) is 89.5 Å². The van der Waals surface area contributed by atoms with Gasteiger partial charge in [-0.2, -0.15) is 0 Å². The summed E-state index contributed by atoms with van der Waals surface area (Å²) >= 11 is 0. The Balaban J connectivity index is 1.63. The van der Waals surface area contributed by atoms with Crippen molar-refractivity contribution < 1.29 is 0 Å². The lowest BCUT2D eigenvalue weighted by molar-refractivity contribution is -0.0653. The lowest BCUT2D eigenvalue weighted by Gasteiger charge is -2.68. The first-order valence-corrected chi connectivity index (χ1v) is 11.3. The Morgan fingerprint density at radius 3 is 2.17 bits per heavy atom. The van der Waals surface area contributed by atoms with Crippen LogP contribution in [0.15, 0.2) is 72.8 Å². The highest BCUT2D eigenvalue weighted by Gasteiger charge is 2.69. The van der Waals surface area contributed by atoms with Gasteiger partial charge in [0.05, 0.1) is 0 Å². The highest BCUT2D eigenvalue weighted by Crippen LogP contribution is 2.74. The zero-order valence-corrected chi connectivity index (χ0v) is 16.8. The fourth-order valence-electron chi connectivity index (χ4n) is 8.54. The molecule has 0 saturated heterocycles. The van der Waals surface area contributed by atoms with E-state index in [2.05, 4.69) is 72.8 Å². The predicted molar refractivity (Wildman–Crippen MR) is 119 cm³/mol. The Kier molecular flexibility index (Phi) is 2.99. The van der Waals surface area contributed by atoms with Crippen molar-refractivity contribution >= 4 is 5.69 Å². The molecule has 29 heavy (non-hydrogen) atoms. The minimum atomic E-state index is 0.0725. The Morgan fingerprint density at radius 1 is 0.690 bits per heavy atom. The lowest BCUT2D eigenvalue weighted by Crippen LogP contribution is -2.64. The summed E-state index contributed by atoms with van der Waals surface area (Å²) in [6.45, 7) is 0. The van der Waals surface area contributed by atoms with Gasteiger partial charge in [0.1, 0.15) is 0 Å². The molecule has 4 bridgehead atoms. The van der Waals surface area contributed by atoms with Crippen LogP contribution in [0.4, 0.5) is 5.69 Å². The summed E-state index contributed by atoms with van der Waals surface area (Å²) in [4.78, 5) is 0. The van der Waals surface area contributed by atoms with E-state index in [-0.39, 0.29) is 10.8 Å². The van der Waals surface area contributed by atoms with Crippen molar-refractivity contribution in [2.75, 3.05) is 5.73 Å². The van der Waals surface area contributed by atoms with Crippen LogP contribution in [0.25, 0.3) is 11.1 Å². The third-order valence-electron chi connectivity index (χ3n) is 8.98. The van der Waals surface area contributed by atoms with Gasteiger partial charge in [-0.25, -0.2) is 0 Å². The summed E-state index contributed by atoms with van der Waals surface area (Å²) in [5.41, 5.74) is 15.1. The molecule has 8 rings (SSSR count). The molecule has 3 aromatic carbocycles. The number of fused-ring (bicyclic) bond motifs is 3. The van der Waals surface area contributed by atoms with Crippen molar-refractivity contribution in [3.8, 4) is 11.1 Å². The van der Waals surface area contributed by atoms with Gasteiger partial charge in [0, 0.05) is 16.5 Å². The van der Waals surface area contributed by atoms with E-state index in [9.17, 15) is 0 Å². The molecule has 144 valence electrons. The first-order valence-electron chi connectivity index (χ1n) is 11.3. The molecular formula is C28H27N. The van der Waals surface area contributed by atoms with Gasteiger partial charge < -0.3 is 5.73 Å². The highest BCUT2D eigenvalue weighted by atomic mass is 14.7. The molecule has 4 fully saturated rings. The van der Waals surface area contributed by atoms with Gasteiger partial charge in [-0.05, 0) is 89.8 Å². The van der Waals surface area contributed by atoms with Crippen molar-refractivity contribution in [1.29, 1.82) is 0 Å². The molecule has 1 heteroatoms. The fourth-order valence-corrected chi connectivity index (χ4v) is 8.54. The molecule has 0 aliphatic heterocycles. The number of benzene rings is 3. The summed E-state index contributed by atoms with van der Waals surface area (Å²) in [5.74, 6) is 2.49. The van der Waals surface area contributed by atoms with Crippen LogP contribution in [-0.2, 0) is 10.8 Å². The largest absolute Gasteiger partial charge is 0.399 e. The molecule has 1 nitrogen and oxygen atoms in total. The minimum absolute atomic E-state index is 0.0725. The van der Waals surface area contributed by atoms with Crippen LogP contribution in [0.3, 0.4) is 0 Å². The van der Waals surface area contributed by atoms with Crippen LogP contribution in [0.5, 0.6) is 0 Å². The third-order valence-corrected chi connectivity index (χ3v) is 8.98. The molecule has 3 atom stereocenters. The van der Waals surface area contributed by atoms with E-state index >= 15 is 0 Å². The van der Waals surface area contributed by atoms with Gasteiger partial charge in [-0.1, -0.05) is 60.7 Å². The maximum Gasteiger partial charge on any atom is 0.0341 e. The highest BCUT2D eigenvalue weighted by molar-refractivity contribution is 5.84. The van der Waals surface area contributed by atoms with E-state index in [4.69, 9.17) is 5.73 Å². The Labute approximate surface area is 173 Å². The van der Waals surface area contributed by atoms with Gasteiger partial charge in [0.25, 0.3) is 0 Å². The van der Waals surface area contributed by atoms with Crippen LogP contribution in [-0.4, -0.2) is 0 Å². The van der Waals surface area contributed by atoms with Gasteiger partial charge in [0.2, 0.25) is 0 Å². The normalized spacial score (nSPS) is 35.7. The van der Waals surface area contributed by atoms with Crippen LogP contribution < -0.4 is 5.73 Å². The standard InChI is InChI=1S/C28H27N/c29-22-10-11-24-23-8-4-5-9-25(23)28(26(24)15-22)21-13-18-12-19(14-21)17-27(28,16-18)20-6-2-1-3-7-20/h1-11,15,18-19,21H,12-14,16-17,29H2. The first kappa shape index (κ1) is 16.3. The second-order valence-electron chi connectivity index (χ2n) is 10.2.